The van der Waals surface area contributed by atoms with E-state index < -0.39 is 0 Å². The molecule has 1 N–H and O–H groups in total. The Bertz CT molecular complexity index is 1120. The Kier molecular flexibility index (Phi) is 5.93. The summed E-state index contributed by atoms with van der Waals surface area (Å²) in [6.45, 7) is 10.1. The van der Waals surface area contributed by atoms with E-state index in [1.807, 2.05) is 29.9 Å². The molecule has 0 aliphatic heterocycles. The Morgan fingerprint density at radius 2 is 2.13 bits per heavy atom. The minimum absolute atomic E-state index is 0.377. The van der Waals surface area contributed by atoms with Crippen LogP contribution in [0.25, 0.3) is 11.6 Å². The van der Waals surface area contributed by atoms with Gasteiger partial charge < -0.3 is 5.32 Å². The normalized spacial score (nSPS) is 14.2. The molecule has 3 aromatic heterocycles. The number of rotatable bonds is 8. The van der Waals surface area contributed by atoms with Crippen molar-refractivity contribution in [2.24, 2.45) is 18.0 Å². The standard InChI is InChI=1S/C24H29N7/c1-15(2)18-12-24(29-26-13-18)28-23-9-8-20(25-4)22(27-23)10-16(3)19-14-31(5)30-21(19)11-17-6-7-17/h8-10,12-15,17H,4,6-7,11H2,1-3,5H3,(H,27,28,29)/b16-10+. The monoisotopic (exact) mass is 415 g/mol. The Morgan fingerprint density at radius 1 is 1.32 bits per heavy atom. The molecule has 0 radical (unpaired) electrons. The fourth-order valence-corrected chi connectivity index (χ4v) is 3.56. The molecule has 3 aromatic rings. The van der Waals surface area contributed by atoms with Crippen LogP contribution in [0.4, 0.5) is 17.3 Å². The largest absolute Gasteiger partial charge is 0.323 e. The van der Waals surface area contributed by atoms with E-state index >= 15 is 0 Å². The second-order valence-corrected chi connectivity index (χ2v) is 8.55. The Balaban J connectivity index is 1.63. The minimum Gasteiger partial charge on any atom is -0.323 e. The zero-order chi connectivity index (χ0) is 22.0. The topological polar surface area (TPSA) is 80.9 Å². The molecule has 0 saturated heterocycles. The Labute approximate surface area is 183 Å². The number of hydrogen-bond acceptors (Lipinski definition) is 6. The predicted octanol–water partition coefficient (Wildman–Crippen LogP) is 5.32. The summed E-state index contributed by atoms with van der Waals surface area (Å²) in [6.07, 6.45) is 9.57. The molecule has 7 heteroatoms. The first-order chi connectivity index (χ1) is 14.9. The summed E-state index contributed by atoms with van der Waals surface area (Å²) >= 11 is 0. The number of nitrogens with one attached hydrogen (secondary N) is 1. The van der Waals surface area contributed by atoms with Crippen molar-refractivity contribution in [2.75, 3.05) is 5.32 Å². The number of hydrogen-bond donors (Lipinski definition) is 1. The average molecular weight is 416 g/mol. The number of anilines is 2. The van der Waals surface area contributed by atoms with Crippen LogP contribution in [0.3, 0.4) is 0 Å². The van der Waals surface area contributed by atoms with Crippen molar-refractivity contribution < 1.29 is 0 Å². The number of pyridine rings is 1. The molecule has 0 aromatic carbocycles. The van der Waals surface area contributed by atoms with Crippen molar-refractivity contribution in [3.63, 3.8) is 0 Å². The van der Waals surface area contributed by atoms with Crippen LogP contribution in [0, 0.1) is 5.92 Å². The molecule has 4 rings (SSSR count). The Morgan fingerprint density at radius 3 is 2.84 bits per heavy atom. The lowest BCUT2D eigenvalue weighted by atomic mass is 10.0. The van der Waals surface area contributed by atoms with Crippen molar-refractivity contribution in [1.29, 1.82) is 0 Å². The van der Waals surface area contributed by atoms with Crippen molar-refractivity contribution in [3.8, 4) is 0 Å². The van der Waals surface area contributed by atoms with Crippen LogP contribution in [0.5, 0.6) is 0 Å². The Hall–Kier alpha value is -3.35. The first-order valence-electron chi connectivity index (χ1n) is 10.7. The maximum Gasteiger partial charge on any atom is 0.154 e. The summed E-state index contributed by atoms with van der Waals surface area (Å²) in [5, 5.41) is 16.2. The van der Waals surface area contributed by atoms with E-state index in [0.717, 1.165) is 40.6 Å². The summed E-state index contributed by atoms with van der Waals surface area (Å²) in [4.78, 5) is 8.93. The average Bonchev–Trinajstić information content (AvgIpc) is 3.48. The molecule has 160 valence electrons. The highest BCUT2D eigenvalue weighted by molar-refractivity contribution is 5.83. The van der Waals surface area contributed by atoms with Gasteiger partial charge in [0.2, 0.25) is 0 Å². The van der Waals surface area contributed by atoms with Crippen LogP contribution < -0.4 is 5.32 Å². The summed E-state index contributed by atoms with van der Waals surface area (Å²) in [5.74, 6) is 2.51. The second-order valence-electron chi connectivity index (χ2n) is 8.55. The zero-order valence-corrected chi connectivity index (χ0v) is 18.6. The van der Waals surface area contributed by atoms with Crippen LogP contribution in [-0.2, 0) is 13.5 Å². The van der Waals surface area contributed by atoms with E-state index in [0.29, 0.717) is 17.6 Å². The highest BCUT2D eigenvalue weighted by Crippen LogP contribution is 2.35. The van der Waals surface area contributed by atoms with E-state index in [1.165, 1.54) is 18.4 Å². The van der Waals surface area contributed by atoms with Gasteiger partial charge in [0.25, 0.3) is 0 Å². The molecular formula is C24H29N7. The van der Waals surface area contributed by atoms with Crippen molar-refractivity contribution in [2.45, 2.75) is 46.0 Å². The SMILES string of the molecule is C=Nc1ccc(Nc2cc(C(C)C)cnn2)nc1/C=C(\C)c1cn(C)nc1CC1CC1. The van der Waals surface area contributed by atoms with Gasteiger partial charge in [0.05, 0.1) is 23.3 Å². The van der Waals surface area contributed by atoms with E-state index in [1.54, 1.807) is 6.20 Å². The number of nitrogens with zero attached hydrogens (tertiary/aromatic N) is 6. The number of aryl methyl sites for hydroxylation is 1. The molecule has 1 aliphatic carbocycles. The number of aromatic nitrogens is 5. The number of allylic oxidation sites excluding steroid dienone is 1. The van der Waals surface area contributed by atoms with Crippen LogP contribution in [0.2, 0.25) is 0 Å². The van der Waals surface area contributed by atoms with Gasteiger partial charge in [-0.1, -0.05) is 13.8 Å². The lowest BCUT2D eigenvalue weighted by Gasteiger charge is -2.10. The maximum atomic E-state index is 4.77. The highest BCUT2D eigenvalue weighted by Gasteiger charge is 2.24. The van der Waals surface area contributed by atoms with E-state index in [9.17, 15) is 0 Å². The first-order valence-corrected chi connectivity index (χ1v) is 10.7. The molecule has 1 aliphatic rings. The zero-order valence-electron chi connectivity index (χ0n) is 18.6. The molecule has 7 nitrogen and oxygen atoms in total. The molecule has 0 unspecified atom stereocenters. The van der Waals surface area contributed by atoms with E-state index in [-0.39, 0.29) is 0 Å². The molecule has 3 heterocycles. The third-order valence-corrected chi connectivity index (χ3v) is 5.53. The molecule has 31 heavy (non-hydrogen) atoms. The van der Waals surface area contributed by atoms with E-state index in [4.69, 9.17) is 4.98 Å². The fraction of sp³-hybridized carbons (Fsp3) is 0.375. The van der Waals surface area contributed by atoms with Crippen LogP contribution in [0.15, 0.2) is 35.6 Å². The molecular weight excluding hydrogens is 386 g/mol. The van der Waals surface area contributed by atoms with E-state index in [2.05, 4.69) is 65.4 Å². The maximum absolute atomic E-state index is 4.77. The van der Waals surface area contributed by atoms with Crippen molar-refractivity contribution in [3.05, 3.63) is 53.1 Å². The van der Waals surface area contributed by atoms with Gasteiger partial charge in [-0.15, -0.1) is 5.10 Å². The summed E-state index contributed by atoms with van der Waals surface area (Å²) < 4.78 is 1.89. The fourth-order valence-electron chi connectivity index (χ4n) is 3.56. The predicted molar refractivity (Wildman–Crippen MR) is 126 cm³/mol. The summed E-state index contributed by atoms with van der Waals surface area (Å²) in [7, 11) is 1.97. The molecule has 0 amide bonds. The third-order valence-electron chi connectivity index (χ3n) is 5.53. The van der Waals surface area contributed by atoms with Gasteiger partial charge in [-0.3, -0.25) is 9.67 Å². The number of aliphatic imine (C=N–C) groups is 1. The van der Waals surface area contributed by atoms with Gasteiger partial charge in [-0.25, -0.2) is 4.98 Å². The molecule has 0 atom stereocenters. The smallest absolute Gasteiger partial charge is 0.154 e. The van der Waals surface area contributed by atoms with Crippen LogP contribution >= 0.6 is 0 Å². The minimum atomic E-state index is 0.377. The van der Waals surface area contributed by atoms with Crippen molar-refractivity contribution in [1.82, 2.24) is 25.0 Å². The van der Waals surface area contributed by atoms with Gasteiger partial charge in [-0.05, 0) is 80.2 Å². The van der Waals surface area contributed by atoms with Gasteiger partial charge in [0.1, 0.15) is 5.82 Å². The van der Waals surface area contributed by atoms with Gasteiger partial charge >= 0.3 is 0 Å². The highest BCUT2D eigenvalue weighted by atomic mass is 15.3. The first kappa shape index (κ1) is 20.9. The quantitative estimate of drug-likeness (QED) is 0.504. The molecule has 0 bridgehead atoms. The van der Waals surface area contributed by atoms with Gasteiger partial charge in [0, 0.05) is 18.8 Å². The van der Waals surface area contributed by atoms with Gasteiger partial charge in [0.15, 0.2) is 5.82 Å². The molecule has 1 fully saturated rings. The van der Waals surface area contributed by atoms with Crippen molar-refractivity contribution >= 4 is 35.7 Å². The lowest BCUT2D eigenvalue weighted by Crippen LogP contribution is -2.00. The van der Waals surface area contributed by atoms with Crippen LogP contribution in [0.1, 0.15) is 62.0 Å². The molecule has 0 spiro atoms. The van der Waals surface area contributed by atoms with Crippen LogP contribution in [-0.4, -0.2) is 31.7 Å². The second kappa shape index (κ2) is 8.79. The lowest BCUT2D eigenvalue weighted by molar-refractivity contribution is 0.716. The summed E-state index contributed by atoms with van der Waals surface area (Å²) in [5.41, 5.74) is 6.05. The van der Waals surface area contributed by atoms with Gasteiger partial charge in [-0.2, -0.15) is 10.2 Å². The molecule has 1 saturated carbocycles. The third kappa shape index (κ3) is 5.05. The summed E-state index contributed by atoms with van der Waals surface area (Å²) in [6, 6.07) is 5.79.